The lowest BCUT2D eigenvalue weighted by molar-refractivity contribution is 1.17. The number of benzene rings is 6. The quantitative estimate of drug-likeness (QED) is 0.179. The molecule has 0 bridgehead atoms. The number of thioether (sulfide) groups is 1. The molecule has 0 radical (unpaired) electrons. The molecule has 4 heteroatoms. The Kier molecular flexibility index (Phi) is 5.19. The van der Waals surface area contributed by atoms with Gasteiger partial charge in [-0.25, -0.2) is 0 Å². The van der Waals surface area contributed by atoms with Crippen LogP contribution in [0.2, 0.25) is 0 Å². The molecular weight excluding hydrogens is 513 g/mol. The Morgan fingerprint density at radius 1 is 0.590 bits per heavy atom. The van der Waals surface area contributed by atoms with Gasteiger partial charge in [0, 0.05) is 53.0 Å². The molecule has 8 rings (SSSR count). The van der Waals surface area contributed by atoms with Crippen LogP contribution in [0.4, 0.5) is 5.69 Å². The van der Waals surface area contributed by atoms with E-state index in [-0.39, 0.29) is 0 Å². The van der Waals surface area contributed by atoms with Crippen LogP contribution in [0.1, 0.15) is 5.56 Å². The van der Waals surface area contributed by atoms with Gasteiger partial charge >= 0.3 is 0 Å². The van der Waals surface area contributed by atoms with Gasteiger partial charge in [0.25, 0.3) is 0 Å². The van der Waals surface area contributed by atoms with Gasteiger partial charge in [0.1, 0.15) is 0 Å². The molecule has 2 nitrogen and oxygen atoms in total. The van der Waals surface area contributed by atoms with Crippen LogP contribution in [0, 0.1) is 0 Å². The molecule has 0 saturated carbocycles. The summed E-state index contributed by atoms with van der Waals surface area (Å²) in [4.78, 5) is 1.18. The van der Waals surface area contributed by atoms with E-state index in [1.54, 1.807) is 0 Å². The van der Waals surface area contributed by atoms with Crippen LogP contribution in [-0.2, 0) is 5.75 Å². The van der Waals surface area contributed by atoms with Crippen molar-refractivity contribution >= 4 is 81.5 Å². The zero-order valence-electron chi connectivity index (χ0n) is 21.1. The topological polar surface area (TPSA) is 30.9 Å². The minimum atomic E-state index is 0.852. The monoisotopic (exact) mass is 536 g/mol. The average molecular weight is 537 g/mol. The largest absolute Gasteiger partial charge is 0.398 e. The Balaban J connectivity index is 1.19. The molecular formula is C35H24N2S2. The Labute approximate surface area is 234 Å². The number of anilines is 1. The highest BCUT2D eigenvalue weighted by atomic mass is 32.2. The molecule has 2 N–H and O–H groups in total. The van der Waals surface area contributed by atoms with Crippen LogP contribution in [0.25, 0.3) is 58.4 Å². The molecule has 0 fully saturated rings. The predicted octanol–water partition coefficient (Wildman–Crippen LogP) is 10.2. The molecule has 0 atom stereocenters. The first-order valence-corrected chi connectivity index (χ1v) is 14.9. The van der Waals surface area contributed by atoms with Gasteiger partial charge < -0.3 is 10.3 Å². The summed E-state index contributed by atoms with van der Waals surface area (Å²) in [5, 5.41) is 7.75. The Morgan fingerprint density at radius 2 is 1.33 bits per heavy atom. The van der Waals surface area contributed by atoms with Gasteiger partial charge in [0.15, 0.2) is 0 Å². The molecule has 8 aromatic rings. The normalized spacial score (nSPS) is 11.9. The summed E-state index contributed by atoms with van der Waals surface area (Å²) < 4.78 is 5.00. The smallest absolute Gasteiger partial charge is 0.0547 e. The third-order valence-electron chi connectivity index (χ3n) is 7.67. The number of nitrogen functional groups attached to an aromatic ring is 1. The van der Waals surface area contributed by atoms with Gasteiger partial charge in [0.2, 0.25) is 0 Å². The summed E-state index contributed by atoms with van der Waals surface area (Å²) >= 11 is 3.67. The summed E-state index contributed by atoms with van der Waals surface area (Å²) in [6, 6.07) is 43.7. The van der Waals surface area contributed by atoms with E-state index in [4.69, 9.17) is 5.73 Å². The number of nitrogens with two attached hydrogens (primary N) is 1. The fourth-order valence-corrected chi connectivity index (χ4v) is 8.15. The van der Waals surface area contributed by atoms with Crippen molar-refractivity contribution in [3.8, 4) is 5.69 Å². The fourth-order valence-electron chi connectivity index (χ4n) is 5.87. The van der Waals surface area contributed by atoms with Gasteiger partial charge in [0.05, 0.1) is 11.0 Å². The third kappa shape index (κ3) is 3.56. The maximum Gasteiger partial charge on any atom is 0.0547 e. The van der Waals surface area contributed by atoms with Crippen molar-refractivity contribution in [3.05, 3.63) is 127 Å². The molecule has 0 aliphatic heterocycles. The third-order valence-corrected chi connectivity index (χ3v) is 10.0. The highest BCUT2D eigenvalue weighted by Gasteiger charge is 2.15. The van der Waals surface area contributed by atoms with Crippen LogP contribution >= 0.6 is 23.1 Å². The number of fused-ring (bicyclic) bond motifs is 8. The van der Waals surface area contributed by atoms with Gasteiger partial charge in [-0.2, -0.15) is 0 Å². The molecule has 2 aromatic heterocycles. The first-order chi connectivity index (χ1) is 19.3. The Morgan fingerprint density at radius 3 is 2.21 bits per heavy atom. The zero-order valence-corrected chi connectivity index (χ0v) is 22.7. The molecule has 0 aliphatic rings. The second kappa shape index (κ2) is 8.91. The molecule has 6 aromatic carbocycles. The number of para-hydroxylation sites is 1. The molecule has 39 heavy (non-hydrogen) atoms. The van der Waals surface area contributed by atoms with Crippen LogP contribution in [-0.4, -0.2) is 4.57 Å². The van der Waals surface area contributed by atoms with E-state index in [0.717, 1.165) is 11.4 Å². The Bertz CT molecular complexity index is 2190. The maximum atomic E-state index is 6.51. The SMILES string of the molecule is Nc1ccc2sc3ccccc3c2c1SCc1ccc(-n2c3ccccc3c3c4ccccc4ccc32)cc1. The minimum Gasteiger partial charge on any atom is -0.398 e. The van der Waals surface area contributed by atoms with Crippen LogP contribution in [0.15, 0.2) is 126 Å². The maximum absolute atomic E-state index is 6.51. The first-order valence-electron chi connectivity index (χ1n) is 13.1. The lowest BCUT2D eigenvalue weighted by Gasteiger charge is -2.11. The van der Waals surface area contributed by atoms with Crippen molar-refractivity contribution in [3.63, 3.8) is 0 Å². The first kappa shape index (κ1) is 22.7. The molecule has 0 amide bonds. The van der Waals surface area contributed by atoms with E-state index in [1.807, 2.05) is 23.1 Å². The van der Waals surface area contributed by atoms with Gasteiger partial charge in [-0.1, -0.05) is 78.9 Å². The van der Waals surface area contributed by atoms with E-state index in [2.05, 4.69) is 126 Å². The standard InChI is InChI=1S/C35H24N2S2/c36-28-18-20-32-34(27-10-4-6-12-31(27)39-32)35(28)38-21-22-13-16-24(17-14-22)37-29-11-5-3-9-26(29)33-25-8-2-1-7-23(25)15-19-30(33)37/h1-20H,21,36H2. The molecule has 0 saturated heterocycles. The van der Waals surface area contributed by atoms with E-state index in [9.17, 15) is 0 Å². The molecule has 0 aliphatic carbocycles. The summed E-state index contributed by atoms with van der Waals surface area (Å²) in [5.74, 6) is 0.867. The highest BCUT2D eigenvalue weighted by Crippen LogP contribution is 2.43. The molecule has 0 spiro atoms. The van der Waals surface area contributed by atoms with E-state index in [1.165, 1.54) is 68.9 Å². The number of hydrogen-bond acceptors (Lipinski definition) is 3. The average Bonchev–Trinajstić information content (AvgIpc) is 3.53. The van der Waals surface area contributed by atoms with Crippen molar-refractivity contribution in [1.29, 1.82) is 0 Å². The molecule has 186 valence electrons. The number of aromatic nitrogens is 1. The van der Waals surface area contributed by atoms with Crippen molar-refractivity contribution < 1.29 is 0 Å². The molecule has 2 heterocycles. The van der Waals surface area contributed by atoms with E-state index < -0.39 is 0 Å². The van der Waals surface area contributed by atoms with Crippen molar-refractivity contribution in [2.75, 3.05) is 5.73 Å². The fraction of sp³-hybridized carbons (Fsp3) is 0.0286. The van der Waals surface area contributed by atoms with Gasteiger partial charge in [-0.05, 0) is 58.8 Å². The lowest BCUT2D eigenvalue weighted by atomic mass is 10.0. The number of rotatable bonds is 4. The predicted molar refractivity (Wildman–Crippen MR) is 172 cm³/mol. The van der Waals surface area contributed by atoms with E-state index in [0.29, 0.717) is 0 Å². The van der Waals surface area contributed by atoms with Gasteiger partial charge in [-0.3, -0.25) is 0 Å². The van der Waals surface area contributed by atoms with Crippen LogP contribution in [0.3, 0.4) is 0 Å². The van der Waals surface area contributed by atoms with Crippen LogP contribution in [0.5, 0.6) is 0 Å². The number of nitrogens with zero attached hydrogens (tertiary/aromatic N) is 1. The zero-order chi connectivity index (χ0) is 25.9. The summed E-state index contributed by atoms with van der Waals surface area (Å²) in [6.45, 7) is 0. The van der Waals surface area contributed by atoms with E-state index >= 15 is 0 Å². The summed E-state index contributed by atoms with van der Waals surface area (Å²) in [7, 11) is 0. The lowest BCUT2D eigenvalue weighted by Crippen LogP contribution is -1.94. The van der Waals surface area contributed by atoms with Crippen molar-refractivity contribution in [2.24, 2.45) is 0 Å². The van der Waals surface area contributed by atoms with Crippen LogP contribution < -0.4 is 5.73 Å². The Hall–Kier alpha value is -4.25. The summed E-state index contributed by atoms with van der Waals surface area (Å²) in [6.07, 6.45) is 0. The molecule has 0 unspecified atom stereocenters. The number of hydrogen-bond donors (Lipinski definition) is 1. The van der Waals surface area contributed by atoms with Crippen molar-refractivity contribution in [1.82, 2.24) is 4.57 Å². The number of thiophene rings is 1. The second-order valence-electron chi connectivity index (χ2n) is 9.94. The van der Waals surface area contributed by atoms with Gasteiger partial charge in [-0.15, -0.1) is 23.1 Å². The van der Waals surface area contributed by atoms with Crippen molar-refractivity contribution in [2.45, 2.75) is 10.6 Å². The second-order valence-corrected chi connectivity index (χ2v) is 12.0. The minimum absolute atomic E-state index is 0.852. The highest BCUT2D eigenvalue weighted by molar-refractivity contribution is 7.99. The summed E-state index contributed by atoms with van der Waals surface area (Å²) in [5.41, 5.74) is 12.3.